The lowest BCUT2D eigenvalue weighted by molar-refractivity contribution is 0.0951. The average molecular weight is 384 g/mol. The van der Waals surface area contributed by atoms with Crippen molar-refractivity contribution in [3.05, 3.63) is 65.2 Å². The van der Waals surface area contributed by atoms with Crippen molar-refractivity contribution >= 4 is 36.4 Å². The second kappa shape index (κ2) is 11.0. The van der Waals surface area contributed by atoms with Gasteiger partial charge in [0.1, 0.15) is 0 Å². The molecule has 0 aromatic heterocycles. The van der Waals surface area contributed by atoms with E-state index >= 15 is 0 Å². The van der Waals surface area contributed by atoms with E-state index in [0.717, 1.165) is 12.1 Å². The second-order valence-corrected chi connectivity index (χ2v) is 6.14. The largest absolute Gasteiger partial charge is 0.399 e. The quantitative estimate of drug-likeness (QED) is 0.743. The van der Waals surface area contributed by atoms with Crippen LogP contribution in [0.1, 0.15) is 35.3 Å². The molecule has 0 saturated carbocycles. The van der Waals surface area contributed by atoms with Crippen LogP contribution < -0.4 is 11.1 Å². The molecule has 138 valence electrons. The number of amides is 1. The van der Waals surface area contributed by atoms with Gasteiger partial charge in [-0.25, -0.2) is 0 Å². The molecule has 0 atom stereocenters. The first-order valence-electron chi connectivity index (χ1n) is 7.87. The van der Waals surface area contributed by atoms with Gasteiger partial charge in [0.05, 0.1) is 0 Å². The minimum atomic E-state index is -0.109. The van der Waals surface area contributed by atoms with Crippen molar-refractivity contribution in [2.24, 2.45) is 0 Å². The first-order valence-corrected chi connectivity index (χ1v) is 7.87. The van der Waals surface area contributed by atoms with Crippen LogP contribution in [0.15, 0.2) is 48.5 Å². The van der Waals surface area contributed by atoms with Gasteiger partial charge in [0.15, 0.2) is 0 Å². The molecule has 2 aromatic rings. The Kier molecular flexibility index (Phi) is 10.2. The highest BCUT2D eigenvalue weighted by atomic mass is 35.5. The van der Waals surface area contributed by atoms with Gasteiger partial charge in [-0.15, -0.1) is 24.8 Å². The maximum absolute atomic E-state index is 12.1. The molecule has 0 aliphatic rings. The minimum Gasteiger partial charge on any atom is -0.399 e. The SMILES string of the molecule is CC(C)N(C)Cc1cccc(CNC(=O)c2cccc(N)c2)c1.Cl.Cl. The zero-order valence-electron chi connectivity index (χ0n) is 14.9. The molecule has 3 N–H and O–H groups in total. The maximum Gasteiger partial charge on any atom is 0.251 e. The fraction of sp³-hybridized carbons (Fsp3) is 0.316. The van der Waals surface area contributed by atoms with Crippen LogP contribution in [-0.4, -0.2) is 23.9 Å². The van der Waals surface area contributed by atoms with E-state index in [-0.39, 0.29) is 30.7 Å². The fourth-order valence-corrected chi connectivity index (χ4v) is 2.27. The molecule has 4 nitrogen and oxygen atoms in total. The van der Waals surface area contributed by atoms with Gasteiger partial charge in [-0.1, -0.05) is 30.3 Å². The van der Waals surface area contributed by atoms with Crippen LogP contribution in [0, 0.1) is 0 Å². The molecule has 1 amide bonds. The van der Waals surface area contributed by atoms with Crippen LogP contribution in [0.5, 0.6) is 0 Å². The lowest BCUT2D eigenvalue weighted by Gasteiger charge is -2.21. The molecule has 0 aliphatic heterocycles. The van der Waals surface area contributed by atoms with E-state index in [1.54, 1.807) is 24.3 Å². The number of carbonyl (C=O) groups is 1. The number of nitrogens with zero attached hydrogens (tertiary/aromatic N) is 1. The van der Waals surface area contributed by atoms with Crippen LogP contribution in [-0.2, 0) is 13.1 Å². The molecular weight excluding hydrogens is 357 g/mol. The Bertz CT molecular complexity index is 677. The van der Waals surface area contributed by atoms with Gasteiger partial charge in [0.25, 0.3) is 5.91 Å². The number of carbonyl (C=O) groups excluding carboxylic acids is 1. The van der Waals surface area contributed by atoms with Crippen LogP contribution in [0.2, 0.25) is 0 Å². The van der Waals surface area contributed by atoms with Gasteiger partial charge < -0.3 is 11.1 Å². The monoisotopic (exact) mass is 383 g/mol. The average Bonchev–Trinajstić information content (AvgIpc) is 2.53. The summed E-state index contributed by atoms with van der Waals surface area (Å²) in [7, 11) is 2.11. The summed E-state index contributed by atoms with van der Waals surface area (Å²) in [4.78, 5) is 14.4. The van der Waals surface area contributed by atoms with Crippen molar-refractivity contribution in [2.45, 2.75) is 33.0 Å². The first-order chi connectivity index (χ1) is 11.0. The molecule has 0 fully saturated rings. The van der Waals surface area contributed by atoms with Gasteiger partial charge in [0, 0.05) is 30.4 Å². The highest BCUT2D eigenvalue weighted by molar-refractivity contribution is 5.94. The summed E-state index contributed by atoms with van der Waals surface area (Å²) < 4.78 is 0. The first kappa shape index (κ1) is 23.2. The Morgan fingerprint density at radius 1 is 1.08 bits per heavy atom. The predicted octanol–water partition coefficient (Wildman–Crippen LogP) is 3.88. The molecule has 0 saturated heterocycles. The predicted molar refractivity (Wildman–Crippen MR) is 110 cm³/mol. The van der Waals surface area contributed by atoms with E-state index in [0.29, 0.717) is 23.8 Å². The van der Waals surface area contributed by atoms with Crippen molar-refractivity contribution in [3.8, 4) is 0 Å². The van der Waals surface area contributed by atoms with Crippen molar-refractivity contribution < 1.29 is 4.79 Å². The fourth-order valence-electron chi connectivity index (χ4n) is 2.27. The Balaban J connectivity index is 0.00000288. The van der Waals surface area contributed by atoms with Crippen molar-refractivity contribution in [2.75, 3.05) is 12.8 Å². The molecule has 6 heteroatoms. The summed E-state index contributed by atoms with van der Waals surface area (Å²) in [6, 6.07) is 15.8. The third kappa shape index (κ3) is 7.34. The second-order valence-electron chi connectivity index (χ2n) is 6.14. The standard InChI is InChI=1S/C19H25N3O.2ClH/c1-14(2)22(3)13-16-7-4-6-15(10-16)12-21-19(23)17-8-5-9-18(20)11-17;;/h4-11,14H,12-13,20H2,1-3H3,(H,21,23);2*1H. The Morgan fingerprint density at radius 2 is 1.72 bits per heavy atom. The summed E-state index contributed by atoms with van der Waals surface area (Å²) in [6.45, 7) is 5.76. The number of nitrogens with two attached hydrogens (primary N) is 1. The third-order valence-corrected chi connectivity index (χ3v) is 3.91. The zero-order valence-corrected chi connectivity index (χ0v) is 16.5. The molecule has 25 heavy (non-hydrogen) atoms. The smallest absolute Gasteiger partial charge is 0.251 e. The van der Waals surface area contributed by atoms with Crippen molar-refractivity contribution in [1.29, 1.82) is 0 Å². The van der Waals surface area contributed by atoms with Crippen LogP contribution in [0.4, 0.5) is 5.69 Å². The number of benzene rings is 2. The Hall–Kier alpha value is -1.75. The summed E-state index contributed by atoms with van der Waals surface area (Å²) in [5.74, 6) is -0.109. The molecule has 0 spiro atoms. The highest BCUT2D eigenvalue weighted by Gasteiger charge is 2.07. The minimum absolute atomic E-state index is 0. The van der Waals surface area contributed by atoms with Gasteiger partial charge >= 0.3 is 0 Å². The van der Waals surface area contributed by atoms with Crippen LogP contribution >= 0.6 is 24.8 Å². The molecule has 0 aliphatic carbocycles. The maximum atomic E-state index is 12.1. The van der Waals surface area contributed by atoms with Crippen molar-refractivity contribution in [1.82, 2.24) is 10.2 Å². The number of nitrogen functional groups attached to an aromatic ring is 1. The normalized spacial score (nSPS) is 10.1. The molecular formula is C19H27Cl2N3O. The Morgan fingerprint density at radius 3 is 2.36 bits per heavy atom. The van der Waals surface area contributed by atoms with E-state index in [1.165, 1.54) is 5.56 Å². The summed E-state index contributed by atoms with van der Waals surface area (Å²) in [6.07, 6.45) is 0. The molecule has 0 bridgehead atoms. The van der Waals surface area contributed by atoms with E-state index in [9.17, 15) is 4.79 Å². The lowest BCUT2D eigenvalue weighted by atomic mass is 10.1. The van der Waals surface area contributed by atoms with E-state index in [1.807, 2.05) is 12.1 Å². The number of nitrogens with one attached hydrogen (secondary N) is 1. The van der Waals surface area contributed by atoms with E-state index < -0.39 is 0 Å². The van der Waals surface area contributed by atoms with Crippen LogP contribution in [0.3, 0.4) is 0 Å². The number of rotatable bonds is 6. The molecule has 0 heterocycles. The van der Waals surface area contributed by atoms with Gasteiger partial charge in [-0.3, -0.25) is 9.69 Å². The van der Waals surface area contributed by atoms with Gasteiger partial charge in [-0.05, 0) is 50.2 Å². The number of hydrogen-bond acceptors (Lipinski definition) is 3. The molecule has 2 aromatic carbocycles. The van der Waals surface area contributed by atoms with E-state index in [4.69, 9.17) is 5.73 Å². The van der Waals surface area contributed by atoms with Gasteiger partial charge in [0.2, 0.25) is 0 Å². The molecule has 2 rings (SSSR count). The summed E-state index contributed by atoms with van der Waals surface area (Å²) in [5, 5.41) is 2.94. The lowest BCUT2D eigenvalue weighted by Crippen LogP contribution is -2.26. The molecule has 0 unspecified atom stereocenters. The molecule has 0 radical (unpaired) electrons. The summed E-state index contributed by atoms with van der Waals surface area (Å²) >= 11 is 0. The topological polar surface area (TPSA) is 58.4 Å². The van der Waals surface area contributed by atoms with Crippen LogP contribution in [0.25, 0.3) is 0 Å². The number of hydrogen-bond donors (Lipinski definition) is 2. The van der Waals surface area contributed by atoms with Crippen molar-refractivity contribution in [3.63, 3.8) is 0 Å². The Labute approximate surface area is 162 Å². The highest BCUT2D eigenvalue weighted by Crippen LogP contribution is 2.10. The number of halogens is 2. The summed E-state index contributed by atoms with van der Waals surface area (Å²) in [5.41, 5.74) is 9.23. The van der Waals surface area contributed by atoms with Gasteiger partial charge in [-0.2, -0.15) is 0 Å². The zero-order chi connectivity index (χ0) is 16.8. The van der Waals surface area contributed by atoms with E-state index in [2.05, 4.69) is 43.2 Å². The number of anilines is 1. The third-order valence-electron chi connectivity index (χ3n) is 3.91.